The predicted molar refractivity (Wildman–Crippen MR) is 95.4 cm³/mol. The van der Waals surface area contributed by atoms with E-state index in [1.807, 2.05) is 30.3 Å². The zero-order chi connectivity index (χ0) is 17.4. The minimum absolute atomic E-state index is 0.555. The first kappa shape index (κ1) is 16.1. The monoisotopic (exact) mass is 355 g/mol. The highest BCUT2D eigenvalue weighted by Gasteiger charge is 2.34. The zero-order valence-corrected chi connectivity index (χ0v) is 15.1. The molecule has 1 aliphatic carbocycles. The molecule has 4 rings (SSSR count). The van der Waals surface area contributed by atoms with Crippen molar-refractivity contribution in [3.8, 4) is 17.7 Å². The fourth-order valence-corrected chi connectivity index (χ4v) is 3.28. The van der Waals surface area contributed by atoms with Crippen LogP contribution in [0.25, 0.3) is 0 Å². The molecule has 6 heteroatoms. The first-order valence-corrected chi connectivity index (χ1v) is 8.70. The first-order valence-electron chi connectivity index (χ1n) is 8.29. The van der Waals surface area contributed by atoms with Crippen molar-refractivity contribution in [1.82, 2.24) is 10.5 Å². The summed E-state index contributed by atoms with van der Waals surface area (Å²) in [6.45, 7) is 1.02. The highest BCUT2D eigenvalue weighted by Crippen LogP contribution is 2.40. The SMILES string of the molecule is COc1cc(C#Cc2ccc3c(c2[ClH+])N(C)NN3CC2CC2)ccn1. The number of hydrazine groups is 2. The van der Waals surface area contributed by atoms with Gasteiger partial charge in [0.2, 0.25) is 5.88 Å². The molecule has 1 aromatic carbocycles. The van der Waals surface area contributed by atoms with Crippen molar-refractivity contribution in [2.75, 3.05) is 30.7 Å². The van der Waals surface area contributed by atoms with Gasteiger partial charge >= 0.3 is 0 Å². The van der Waals surface area contributed by atoms with Crippen LogP contribution in [0.5, 0.6) is 5.88 Å². The molecule has 0 bridgehead atoms. The molecule has 128 valence electrons. The van der Waals surface area contributed by atoms with Crippen molar-refractivity contribution in [2.45, 2.75) is 12.8 Å². The van der Waals surface area contributed by atoms with Crippen LogP contribution in [0, 0.1) is 29.4 Å². The predicted octanol–water partition coefficient (Wildman–Crippen LogP) is 2.27. The van der Waals surface area contributed by atoms with Crippen LogP contribution in [0.2, 0.25) is 5.02 Å². The van der Waals surface area contributed by atoms with Gasteiger partial charge in [0.1, 0.15) is 5.69 Å². The van der Waals surface area contributed by atoms with Gasteiger partial charge in [-0.15, -0.1) is 5.53 Å². The van der Waals surface area contributed by atoms with E-state index >= 15 is 0 Å². The van der Waals surface area contributed by atoms with Crippen molar-refractivity contribution in [3.05, 3.63) is 46.6 Å². The maximum atomic E-state index is 5.69. The molecular formula is C19H20ClN4O+. The number of nitrogens with zero attached hydrogens (tertiary/aromatic N) is 3. The largest absolute Gasteiger partial charge is 0.481 e. The summed E-state index contributed by atoms with van der Waals surface area (Å²) in [5.74, 6) is 7.68. The Balaban J connectivity index is 1.64. The van der Waals surface area contributed by atoms with E-state index in [0.717, 1.165) is 40.0 Å². The number of pyridine rings is 1. The molecule has 1 aliphatic heterocycles. The Kier molecular flexibility index (Phi) is 4.16. The fourth-order valence-electron chi connectivity index (χ4n) is 2.92. The summed E-state index contributed by atoms with van der Waals surface area (Å²) in [7, 11) is 3.59. The van der Waals surface area contributed by atoms with E-state index in [1.54, 1.807) is 13.3 Å². The molecule has 1 N–H and O–H groups in total. The van der Waals surface area contributed by atoms with Gasteiger partial charge in [0.25, 0.3) is 5.02 Å². The third kappa shape index (κ3) is 3.23. The number of nitrogens with one attached hydrogen (secondary N) is 1. The van der Waals surface area contributed by atoms with Crippen molar-refractivity contribution < 1.29 is 16.3 Å². The quantitative estimate of drug-likeness (QED) is 0.855. The molecule has 2 aromatic rings. The van der Waals surface area contributed by atoms with Crippen LogP contribution < -0.4 is 20.3 Å². The summed E-state index contributed by atoms with van der Waals surface area (Å²) < 4.78 is 5.13. The molecule has 0 atom stereocenters. The lowest BCUT2D eigenvalue weighted by Crippen LogP contribution is -2.43. The molecule has 0 saturated heterocycles. The summed E-state index contributed by atoms with van der Waals surface area (Å²) in [6, 6.07) is 7.78. The minimum Gasteiger partial charge on any atom is -0.481 e. The average molecular weight is 356 g/mol. The van der Waals surface area contributed by atoms with Crippen LogP contribution in [0.15, 0.2) is 30.5 Å². The van der Waals surface area contributed by atoms with E-state index in [9.17, 15) is 0 Å². The normalized spacial score (nSPS) is 15.6. The van der Waals surface area contributed by atoms with Crippen molar-refractivity contribution >= 4 is 11.4 Å². The molecule has 0 radical (unpaired) electrons. The first-order chi connectivity index (χ1) is 12.2. The van der Waals surface area contributed by atoms with Crippen LogP contribution in [0.3, 0.4) is 0 Å². The molecule has 0 unspecified atom stereocenters. The Morgan fingerprint density at radius 3 is 2.92 bits per heavy atom. The lowest BCUT2D eigenvalue weighted by Gasteiger charge is -2.19. The minimum atomic E-state index is 0.555. The third-order valence-electron chi connectivity index (χ3n) is 4.43. The van der Waals surface area contributed by atoms with Crippen molar-refractivity contribution in [2.24, 2.45) is 5.92 Å². The standard InChI is InChI=1S/C19H20ClN4O/c1-23-19-16(24(22-23)12-14-3-4-14)8-7-15(18(19)20)6-5-13-9-10-21-17(11-13)25-2/h7-11,14,20,22H,3-4,12H2,1-2H3/q+1. The summed E-state index contributed by atoms with van der Waals surface area (Å²) >= 11 is 5.69. The van der Waals surface area contributed by atoms with Crippen molar-refractivity contribution in [3.63, 3.8) is 0 Å². The van der Waals surface area contributed by atoms with Crippen LogP contribution >= 0.6 is 0 Å². The number of fused-ring (bicyclic) bond motifs is 1. The Morgan fingerprint density at radius 1 is 1.32 bits per heavy atom. The Hall–Kier alpha value is -2.42. The van der Waals surface area contributed by atoms with Crippen LogP contribution in [-0.4, -0.2) is 25.7 Å². The van der Waals surface area contributed by atoms with Gasteiger partial charge in [0.05, 0.1) is 18.4 Å². The van der Waals surface area contributed by atoms with E-state index in [2.05, 4.69) is 33.4 Å². The fraction of sp³-hybridized carbons (Fsp3) is 0.316. The Labute approximate surface area is 152 Å². The lowest BCUT2D eigenvalue weighted by atomic mass is 10.1. The second-order valence-corrected chi connectivity index (χ2v) is 6.77. The van der Waals surface area contributed by atoms with Crippen LogP contribution in [0.4, 0.5) is 11.4 Å². The lowest BCUT2D eigenvalue weighted by molar-refractivity contribution is -0.288. The van der Waals surface area contributed by atoms with Crippen LogP contribution in [-0.2, 0) is 0 Å². The second kappa shape index (κ2) is 6.47. The number of halogens is 1. The maximum absolute atomic E-state index is 5.69. The topological polar surface area (TPSA) is 40.6 Å². The molecule has 0 spiro atoms. The number of ether oxygens (including phenoxy) is 1. The average Bonchev–Trinajstić information content (AvgIpc) is 3.38. The summed E-state index contributed by atoms with van der Waals surface area (Å²) in [5.41, 5.74) is 7.24. The highest BCUT2D eigenvalue weighted by atomic mass is 35.5. The Bertz CT molecular complexity index is 869. The molecule has 25 heavy (non-hydrogen) atoms. The summed E-state index contributed by atoms with van der Waals surface area (Å²) in [5, 5.41) is 4.95. The zero-order valence-electron chi connectivity index (χ0n) is 14.2. The molecule has 1 saturated carbocycles. The molecule has 1 fully saturated rings. The van der Waals surface area contributed by atoms with Gasteiger partial charge in [0, 0.05) is 31.4 Å². The van der Waals surface area contributed by atoms with Gasteiger partial charge in [-0.2, -0.15) is 0 Å². The van der Waals surface area contributed by atoms with Gasteiger partial charge in [-0.1, -0.05) is 11.8 Å². The number of methoxy groups -OCH3 is 1. The van der Waals surface area contributed by atoms with Gasteiger partial charge < -0.3 is 4.74 Å². The number of benzene rings is 1. The maximum Gasteiger partial charge on any atom is 0.267 e. The number of hydrogen-bond donors (Lipinski definition) is 1. The van der Waals surface area contributed by atoms with Gasteiger partial charge in [-0.3, -0.25) is 10.0 Å². The molecule has 5 nitrogen and oxygen atoms in total. The van der Waals surface area contributed by atoms with Crippen LogP contribution in [0.1, 0.15) is 24.0 Å². The molecular weight excluding hydrogens is 336 g/mol. The van der Waals surface area contributed by atoms with Gasteiger partial charge in [-0.25, -0.2) is 4.98 Å². The molecule has 1 aromatic heterocycles. The number of anilines is 2. The van der Waals surface area contributed by atoms with E-state index < -0.39 is 0 Å². The molecule has 2 aliphatic rings. The van der Waals surface area contributed by atoms with Gasteiger partial charge in [0.15, 0.2) is 11.6 Å². The highest BCUT2D eigenvalue weighted by molar-refractivity contribution is 5.79. The van der Waals surface area contributed by atoms with E-state index in [-0.39, 0.29) is 0 Å². The van der Waals surface area contributed by atoms with Crippen molar-refractivity contribution in [1.29, 1.82) is 0 Å². The molecule has 2 heterocycles. The third-order valence-corrected chi connectivity index (χ3v) is 4.84. The number of hydrogen-bond acceptors (Lipinski definition) is 5. The summed E-state index contributed by atoms with van der Waals surface area (Å²) in [6.07, 6.45) is 4.32. The number of aromatic nitrogens is 1. The van der Waals surface area contributed by atoms with Gasteiger partial charge in [-0.05, 0) is 37.0 Å². The number of rotatable bonds is 3. The second-order valence-electron chi connectivity index (χ2n) is 6.36. The Morgan fingerprint density at radius 2 is 2.16 bits per heavy atom. The summed E-state index contributed by atoms with van der Waals surface area (Å²) in [4.78, 5) is 4.09. The van der Waals surface area contributed by atoms with E-state index in [0.29, 0.717) is 5.88 Å². The van der Waals surface area contributed by atoms with E-state index in [1.165, 1.54) is 12.8 Å². The molecule has 0 amide bonds. The van der Waals surface area contributed by atoms with E-state index in [4.69, 9.17) is 16.3 Å². The smallest absolute Gasteiger partial charge is 0.267 e.